The molecule has 5 heteroatoms. The first kappa shape index (κ1) is 14.2. The third kappa shape index (κ3) is 3.29. The molecule has 0 spiro atoms. The largest absolute Gasteiger partial charge is 0.497 e. The van der Waals surface area contributed by atoms with Crippen LogP contribution in [0.1, 0.15) is 5.56 Å². The second-order valence-corrected chi connectivity index (χ2v) is 6.53. The monoisotopic (exact) mass is 398 g/mol. The molecular weight excluding hydrogens is 383 g/mol. The highest BCUT2D eigenvalue weighted by Gasteiger charge is 2.16. The van der Waals surface area contributed by atoms with Crippen molar-refractivity contribution in [1.29, 1.82) is 0 Å². The van der Waals surface area contributed by atoms with Gasteiger partial charge in [0.1, 0.15) is 11.5 Å². The Bertz CT molecular complexity index is 664. The van der Waals surface area contributed by atoms with Crippen LogP contribution in [0.2, 0.25) is 0 Å². The van der Waals surface area contributed by atoms with Gasteiger partial charge in [0.05, 0.1) is 14.2 Å². The molecule has 4 nitrogen and oxygen atoms in total. The van der Waals surface area contributed by atoms with Crippen LogP contribution in [-0.2, 0) is 6.42 Å². The Hall–Kier alpha value is -1.76. The van der Waals surface area contributed by atoms with Gasteiger partial charge in [-0.05, 0) is 29.8 Å². The zero-order valence-corrected chi connectivity index (χ0v) is 13.9. The number of fused-ring (bicyclic) bond motifs is 1. The maximum absolute atomic E-state index is 5.95. The van der Waals surface area contributed by atoms with Crippen LogP contribution in [0.5, 0.6) is 23.0 Å². The molecular formula is C16H15IO4. The number of ether oxygens (including phenoxy) is 3. The molecule has 110 valence electrons. The van der Waals surface area contributed by atoms with E-state index >= 15 is 0 Å². The van der Waals surface area contributed by atoms with E-state index in [-0.39, 0.29) is 0 Å². The minimum Gasteiger partial charge on any atom is -0.497 e. The van der Waals surface area contributed by atoms with Crippen molar-refractivity contribution in [2.24, 2.45) is 0 Å². The van der Waals surface area contributed by atoms with Crippen molar-refractivity contribution < 1.29 is 17.3 Å². The van der Waals surface area contributed by atoms with Gasteiger partial charge in [-0.1, -0.05) is 12.1 Å². The number of halogens is 1. The molecule has 0 fully saturated rings. The average molecular weight is 398 g/mol. The Morgan fingerprint density at radius 1 is 0.905 bits per heavy atom. The molecule has 2 aromatic carbocycles. The van der Waals surface area contributed by atoms with Crippen LogP contribution in [0.4, 0.5) is 0 Å². The molecule has 0 aliphatic carbocycles. The highest BCUT2D eigenvalue weighted by Crippen LogP contribution is 2.37. The lowest BCUT2D eigenvalue weighted by molar-refractivity contribution is 0.411. The fourth-order valence-electron chi connectivity index (χ4n) is 1.95. The van der Waals surface area contributed by atoms with Gasteiger partial charge in [-0.3, -0.25) is 0 Å². The van der Waals surface area contributed by atoms with Crippen LogP contribution < -0.4 is 17.3 Å². The molecule has 1 heterocycles. The predicted octanol–water partition coefficient (Wildman–Crippen LogP) is 3.73. The van der Waals surface area contributed by atoms with Gasteiger partial charge in [-0.15, -0.1) is 0 Å². The van der Waals surface area contributed by atoms with Crippen LogP contribution in [0.25, 0.3) is 0 Å². The first-order valence-electron chi connectivity index (χ1n) is 6.45. The van der Waals surface area contributed by atoms with E-state index in [1.54, 1.807) is 14.2 Å². The zero-order chi connectivity index (χ0) is 14.7. The number of hydrogen-bond donors (Lipinski definition) is 0. The Morgan fingerprint density at radius 3 is 2.33 bits per heavy atom. The fourth-order valence-corrected chi connectivity index (χ4v) is 3.70. The first-order valence-corrected chi connectivity index (χ1v) is 8.41. The van der Waals surface area contributed by atoms with Crippen LogP contribution in [0.15, 0.2) is 42.5 Å². The SMILES string of the molecule is COc1ccc(CC2=IOc3cc(OC)ccc3O2)cc1. The summed E-state index contributed by atoms with van der Waals surface area (Å²) < 4.78 is 23.1. The lowest BCUT2D eigenvalue weighted by atomic mass is 10.1. The summed E-state index contributed by atoms with van der Waals surface area (Å²) in [5.41, 5.74) is 1.19. The summed E-state index contributed by atoms with van der Waals surface area (Å²) in [5, 5.41) is 0. The molecule has 1 aliphatic heterocycles. The van der Waals surface area contributed by atoms with Gasteiger partial charge >= 0.3 is 0 Å². The van der Waals surface area contributed by atoms with Crippen molar-refractivity contribution in [3.8, 4) is 23.0 Å². The summed E-state index contributed by atoms with van der Waals surface area (Å²) in [5.74, 6) is 3.16. The van der Waals surface area contributed by atoms with Gasteiger partial charge in [0.25, 0.3) is 0 Å². The van der Waals surface area contributed by atoms with Crippen molar-refractivity contribution in [2.45, 2.75) is 6.42 Å². The molecule has 0 aromatic heterocycles. The highest BCUT2D eigenvalue weighted by molar-refractivity contribution is 14.2. The topological polar surface area (TPSA) is 36.9 Å². The lowest BCUT2D eigenvalue weighted by Crippen LogP contribution is -2.13. The van der Waals surface area contributed by atoms with E-state index in [1.165, 1.54) is 5.56 Å². The summed E-state index contributed by atoms with van der Waals surface area (Å²) in [4.78, 5) is 0. The normalized spacial score (nSPS) is 13.0. The lowest BCUT2D eigenvalue weighted by Gasteiger charge is -2.17. The molecule has 0 bridgehead atoms. The van der Waals surface area contributed by atoms with Crippen molar-refractivity contribution in [2.75, 3.05) is 14.2 Å². The molecule has 0 saturated carbocycles. The predicted molar refractivity (Wildman–Crippen MR) is 90.0 cm³/mol. The Morgan fingerprint density at radius 2 is 1.62 bits per heavy atom. The third-order valence-corrected chi connectivity index (χ3v) is 4.87. The van der Waals surface area contributed by atoms with Gasteiger partial charge in [-0.2, -0.15) is 0 Å². The molecule has 21 heavy (non-hydrogen) atoms. The van der Waals surface area contributed by atoms with Gasteiger partial charge in [-0.25, -0.2) is 0 Å². The number of rotatable bonds is 4. The second-order valence-electron chi connectivity index (χ2n) is 4.45. The van der Waals surface area contributed by atoms with Crippen LogP contribution in [0.3, 0.4) is 0 Å². The van der Waals surface area contributed by atoms with Gasteiger partial charge in [0.2, 0.25) is 0 Å². The zero-order valence-electron chi connectivity index (χ0n) is 11.8. The molecule has 0 N–H and O–H groups in total. The Labute approximate surface area is 133 Å². The van der Waals surface area contributed by atoms with Crippen LogP contribution in [0, 0.1) is 0 Å². The van der Waals surface area contributed by atoms with Gasteiger partial charge in [0, 0.05) is 12.5 Å². The van der Waals surface area contributed by atoms with Crippen LogP contribution >= 0.6 is 21.1 Å². The second kappa shape index (κ2) is 6.34. The molecule has 0 unspecified atom stereocenters. The maximum Gasteiger partial charge on any atom is 0.179 e. The van der Waals surface area contributed by atoms with E-state index in [0.717, 1.165) is 33.1 Å². The first-order chi connectivity index (χ1) is 10.3. The molecule has 0 radical (unpaired) electrons. The molecule has 0 atom stereocenters. The van der Waals surface area contributed by atoms with E-state index in [0.29, 0.717) is 0 Å². The van der Waals surface area contributed by atoms with Gasteiger partial charge in [0.15, 0.2) is 36.3 Å². The molecule has 0 saturated heterocycles. The maximum atomic E-state index is 5.95. The summed E-state index contributed by atoms with van der Waals surface area (Å²) in [6.07, 6.45) is 0.767. The smallest absolute Gasteiger partial charge is 0.179 e. The van der Waals surface area contributed by atoms with Crippen LogP contribution in [-0.4, -0.2) is 17.9 Å². The summed E-state index contributed by atoms with van der Waals surface area (Å²) >= 11 is -0.588. The Balaban J connectivity index is 1.72. The number of benzene rings is 2. The summed E-state index contributed by atoms with van der Waals surface area (Å²) in [7, 11) is 3.31. The van der Waals surface area contributed by atoms with Crippen molar-refractivity contribution >= 4 is 24.8 Å². The summed E-state index contributed by atoms with van der Waals surface area (Å²) in [6.45, 7) is 0. The van der Waals surface area contributed by atoms with E-state index in [9.17, 15) is 0 Å². The van der Waals surface area contributed by atoms with E-state index < -0.39 is 21.1 Å². The molecule has 0 amide bonds. The molecule has 2 aromatic rings. The van der Waals surface area contributed by atoms with Gasteiger partial charge < -0.3 is 17.3 Å². The number of methoxy groups -OCH3 is 2. The quantitative estimate of drug-likeness (QED) is 0.736. The number of hydrogen-bond acceptors (Lipinski definition) is 4. The van der Waals surface area contributed by atoms with E-state index in [2.05, 4.69) is 0 Å². The Kier molecular flexibility index (Phi) is 4.28. The van der Waals surface area contributed by atoms with Crippen molar-refractivity contribution in [3.63, 3.8) is 0 Å². The van der Waals surface area contributed by atoms with Crippen molar-refractivity contribution in [3.05, 3.63) is 48.0 Å². The van der Waals surface area contributed by atoms with Crippen molar-refractivity contribution in [1.82, 2.24) is 0 Å². The van der Waals surface area contributed by atoms with E-state index in [4.69, 9.17) is 17.3 Å². The molecule has 3 rings (SSSR count). The minimum atomic E-state index is -0.588. The average Bonchev–Trinajstić information content (AvgIpc) is 2.55. The van der Waals surface area contributed by atoms with E-state index in [1.807, 2.05) is 42.5 Å². The summed E-state index contributed by atoms with van der Waals surface area (Å²) in [6, 6.07) is 13.6. The highest BCUT2D eigenvalue weighted by atomic mass is 127. The third-order valence-electron chi connectivity index (χ3n) is 3.08. The molecule has 1 aliphatic rings. The standard InChI is InChI=1S/C16H15IO4/c1-18-12-5-3-11(4-6-12)9-16-17-21-15-10-13(19-2)7-8-14(15)20-16/h3-8,10H,9H2,1-2H3. The minimum absolute atomic E-state index is 0.588. The fraction of sp³-hybridized carbons (Fsp3) is 0.188.